The average molecular weight is 358 g/mol. The van der Waals surface area contributed by atoms with Crippen molar-refractivity contribution in [2.75, 3.05) is 13.1 Å². The number of hydrogen-bond acceptors (Lipinski definition) is 4. The third-order valence-corrected chi connectivity index (χ3v) is 4.92. The van der Waals surface area contributed by atoms with E-state index < -0.39 is 0 Å². The second-order valence-electron chi connectivity index (χ2n) is 6.71. The maximum absolute atomic E-state index is 12.3. The molecule has 0 N–H and O–H groups in total. The molecular weight excluding hydrogens is 338 g/mol. The Morgan fingerprint density at radius 3 is 2.88 bits per heavy atom. The highest BCUT2D eigenvalue weighted by Crippen LogP contribution is 2.24. The standard InChI is InChI=1S/C18H20ClN5O/c1-12-7-13(2)24(21-12)16-5-6-22(11-16)10-15-8-18(25)23-9-14(19)3-4-17(23)20-15/h3-4,7-9,16H,5-6,10-11H2,1-2H3/t16-/m1/s1. The molecule has 130 valence electrons. The van der Waals surface area contributed by atoms with Gasteiger partial charge in [0.05, 0.1) is 22.5 Å². The second kappa shape index (κ2) is 6.28. The highest BCUT2D eigenvalue weighted by molar-refractivity contribution is 6.30. The summed E-state index contributed by atoms with van der Waals surface area (Å²) < 4.78 is 3.61. The summed E-state index contributed by atoms with van der Waals surface area (Å²) in [6.07, 6.45) is 2.66. The minimum absolute atomic E-state index is 0.100. The molecule has 6 nitrogen and oxygen atoms in total. The van der Waals surface area contributed by atoms with Crippen molar-refractivity contribution in [3.8, 4) is 0 Å². The quantitative estimate of drug-likeness (QED) is 0.723. The fraction of sp³-hybridized carbons (Fsp3) is 0.389. The van der Waals surface area contributed by atoms with Crippen molar-refractivity contribution in [3.63, 3.8) is 0 Å². The fourth-order valence-corrected chi connectivity index (χ4v) is 3.77. The lowest BCUT2D eigenvalue weighted by molar-refractivity contribution is 0.307. The minimum Gasteiger partial charge on any atom is -0.295 e. The molecule has 0 aromatic carbocycles. The number of likely N-dealkylation sites (tertiary alicyclic amines) is 1. The van der Waals surface area contributed by atoms with E-state index in [4.69, 9.17) is 11.6 Å². The van der Waals surface area contributed by atoms with E-state index in [-0.39, 0.29) is 5.56 Å². The smallest absolute Gasteiger partial charge is 0.258 e. The van der Waals surface area contributed by atoms with Crippen LogP contribution in [0.2, 0.25) is 5.02 Å². The molecule has 1 aliphatic rings. The first-order valence-electron chi connectivity index (χ1n) is 8.42. The Hall–Kier alpha value is -2.18. The molecule has 1 fully saturated rings. The lowest BCUT2D eigenvalue weighted by Gasteiger charge is -2.17. The predicted octanol–water partition coefficient (Wildman–Crippen LogP) is 2.61. The molecular formula is C18H20ClN5O. The summed E-state index contributed by atoms with van der Waals surface area (Å²) in [5, 5.41) is 5.13. The lowest BCUT2D eigenvalue weighted by atomic mass is 10.2. The van der Waals surface area contributed by atoms with Gasteiger partial charge in [-0.3, -0.25) is 18.8 Å². The third-order valence-electron chi connectivity index (χ3n) is 4.70. The van der Waals surface area contributed by atoms with Crippen molar-refractivity contribution >= 4 is 17.2 Å². The van der Waals surface area contributed by atoms with E-state index in [1.165, 1.54) is 10.1 Å². The average Bonchev–Trinajstić information content (AvgIpc) is 3.14. The largest absolute Gasteiger partial charge is 0.295 e. The Morgan fingerprint density at radius 2 is 2.12 bits per heavy atom. The van der Waals surface area contributed by atoms with Crippen molar-refractivity contribution < 1.29 is 0 Å². The van der Waals surface area contributed by atoms with E-state index in [1.807, 2.05) is 6.92 Å². The molecule has 0 bridgehead atoms. The van der Waals surface area contributed by atoms with Gasteiger partial charge < -0.3 is 0 Å². The monoisotopic (exact) mass is 357 g/mol. The van der Waals surface area contributed by atoms with Gasteiger partial charge in [-0.25, -0.2) is 4.98 Å². The zero-order valence-corrected chi connectivity index (χ0v) is 15.1. The van der Waals surface area contributed by atoms with Gasteiger partial charge in [0.25, 0.3) is 5.56 Å². The molecule has 0 unspecified atom stereocenters. The molecule has 3 aromatic heterocycles. The van der Waals surface area contributed by atoms with Crippen LogP contribution >= 0.6 is 11.6 Å². The molecule has 4 heterocycles. The summed E-state index contributed by atoms with van der Waals surface area (Å²) in [5.41, 5.74) is 3.57. The second-order valence-corrected chi connectivity index (χ2v) is 7.15. The zero-order valence-electron chi connectivity index (χ0n) is 14.3. The first-order chi connectivity index (χ1) is 12.0. The normalized spacial score (nSPS) is 18.3. The van der Waals surface area contributed by atoms with Crippen LogP contribution in [0.5, 0.6) is 0 Å². The number of fused-ring (bicyclic) bond motifs is 1. The van der Waals surface area contributed by atoms with Crippen LogP contribution in [-0.2, 0) is 6.54 Å². The van der Waals surface area contributed by atoms with Gasteiger partial charge in [0.2, 0.25) is 0 Å². The molecule has 0 amide bonds. The van der Waals surface area contributed by atoms with Gasteiger partial charge in [-0.05, 0) is 38.5 Å². The number of pyridine rings is 1. The highest BCUT2D eigenvalue weighted by atomic mass is 35.5. The molecule has 1 aliphatic heterocycles. The number of nitrogens with zero attached hydrogens (tertiary/aromatic N) is 5. The molecule has 7 heteroatoms. The fourth-order valence-electron chi connectivity index (χ4n) is 3.61. The van der Waals surface area contributed by atoms with Crippen molar-refractivity contribution in [1.82, 2.24) is 24.1 Å². The summed E-state index contributed by atoms with van der Waals surface area (Å²) in [6, 6.07) is 7.62. The van der Waals surface area contributed by atoms with Crippen molar-refractivity contribution in [3.05, 3.63) is 62.9 Å². The van der Waals surface area contributed by atoms with Gasteiger partial charge in [-0.15, -0.1) is 0 Å². The Labute approximate surface area is 150 Å². The molecule has 4 rings (SSSR count). The third kappa shape index (κ3) is 3.19. The maximum Gasteiger partial charge on any atom is 0.258 e. The summed E-state index contributed by atoms with van der Waals surface area (Å²) in [4.78, 5) is 19.2. The van der Waals surface area contributed by atoms with Gasteiger partial charge in [0.15, 0.2) is 0 Å². The molecule has 0 aliphatic carbocycles. The van der Waals surface area contributed by atoms with Crippen LogP contribution in [0.15, 0.2) is 35.3 Å². The molecule has 1 saturated heterocycles. The highest BCUT2D eigenvalue weighted by Gasteiger charge is 2.26. The Kier molecular flexibility index (Phi) is 4.09. The Balaban J connectivity index is 1.53. The van der Waals surface area contributed by atoms with E-state index in [1.54, 1.807) is 24.4 Å². The van der Waals surface area contributed by atoms with Crippen LogP contribution in [0.3, 0.4) is 0 Å². The Bertz CT molecular complexity index is 993. The van der Waals surface area contributed by atoms with Gasteiger partial charge in [0.1, 0.15) is 5.65 Å². The number of rotatable bonds is 3. The van der Waals surface area contributed by atoms with Crippen LogP contribution in [0.1, 0.15) is 29.5 Å². The number of hydrogen-bond donors (Lipinski definition) is 0. The summed E-state index contributed by atoms with van der Waals surface area (Å²) in [5.74, 6) is 0. The predicted molar refractivity (Wildman–Crippen MR) is 97.1 cm³/mol. The molecule has 0 spiro atoms. The van der Waals surface area contributed by atoms with Crippen LogP contribution in [0.4, 0.5) is 0 Å². The van der Waals surface area contributed by atoms with Crippen LogP contribution in [-0.4, -0.2) is 37.2 Å². The Morgan fingerprint density at radius 1 is 1.28 bits per heavy atom. The molecule has 0 saturated carbocycles. The van der Waals surface area contributed by atoms with Crippen molar-refractivity contribution in [2.24, 2.45) is 0 Å². The van der Waals surface area contributed by atoms with E-state index in [0.29, 0.717) is 23.3 Å². The zero-order chi connectivity index (χ0) is 17.6. The van der Waals surface area contributed by atoms with Crippen molar-refractivity contribution in [1.29, 1.82) is 0 Å². The minimum atomic E-state index is -0.100. The summed E-state index contributed by atoms with van der Waals surface area (Å²) in [7, 11) is 0. The molecule has 0 radical (unpaired) electrons. The summed E-state index contributed by atoms with van der Waals surface area (Å²) in [6.45, 7) is 6.69. The van der Waals surface area contributed by atoms with E-state index in [9.17, 15) is 4.79 Å². The van der Waals surface area contributed by atoms with E-state index >= 15 is 0 Å². The van der Waals surface area contributed by atoms with Gasteiger partial charge in [-0.2, -0.15) is 5.10 Å². The van der Waals surface area contributed by atoms with Crippen molar-refractivity contribution in [2.45, 2.75) is 32.9 Å². The van der Waals surface area contributed by atoms with Gasteiger partial charge in [0, 0.05) is 37.6 Å². The molecule has 25 heavy (non-hydrogen) atoms. The number of aryl methyl sites for hydroxylation is 2. The number of halogens is 1. The lowest BCUT2D eigenvalue weighted by Crippen LogP contribution is -2.24. The van der Waals surface area contributed by atoms with E-state index in [2.05, 4.69) is 32.7 Å². The van der Waals surface area contributed by atoms with E-state index in [0.717, 1.165) is 30.9 Å². The maximum atomic E-state index is 12.3. The first-order valence-corrected chi connectivity index (χ1v) is 8.80. The van der Waals surface area contributed by atoms with Crippen LogP contribution in [0, 0.1) is 13.8 Å². The summed E-state index contributed by atoms with van der Waals surface area (Å²) >= 11 is 5.95. The van der Waals surface area contributed by atoms with Crippen LogP contribution < -0.4 is 5.56 Å². The topological polar surface area (TPSA) is 55.4 Å². The van der Waals surface area contributed by atoms with Crippen LogP contribution in [0.25, 0.3) is 5.65 Å². The first kappa shape index (κ1) is 16.3. The molecule has 3 aromatic rings. The van der Waals surface area contributed by atoms with Gasteiger partial charge >= 0.3 is 0 Å². The number of aromatic nitrogens is 4. The van der Waals surface area contributed by atoms with Gasteiger partial charge in [-0.1, -0.05) is 11.6 Å². The SMILES string of the molecule is Cc1cc(C)n([C@@H]2CCN(Cc3cc(=O)n4cc(Cl)ccc4n3)C2)n1. The molecule has 1 atom stereocenters.